The van der Waals surface area contributed by atoms with E-state index in [1.807, 2.05) is 30.3 Å². The number of ether oxygens (including phenoxy) is 1. The molecule has 5 heteroatoms. The molecule has 0 heterocycles. The van der Waals surface area contributed by atoms with Gasteiger partial charge in [-0.15, -0.1) is 0 Å². The predicted octanol–water partition coefficient (Wildman–Crippen LogP) is 3.12. The largest absolute Gasteiger partial charge is 0.444 e. The zero-order valence-corrected chi connectivity index (χ0v) is 12.2. The first-order valence-corrected chi connectivity index (χ1v) is 7.43. The first-order chi connectivity index (χ1) is 9.74. The number of nitrogens with one attached hydrogen (secondary N) is 2. The molecule has 0 spiro atoms. The fourth-order valence-corrected chi connectivity index (χ4v) is 2.57. The van der Waals surface area contributed by atoms with Crippen molar-refractivity contribution in [3.05, 3.63) is 35.9 Å². The van der Waals surface area contributed by atoms with E-state index in [4.69, 9.17) is 17.0 Å². The normalized spacial score (nSPS) is 15.4. The van der Waals surface area contributed by atoms with Gasteiger partial charge in [0.2, 0.25) is 0 Å². The summed E-state index contributed by atoms with van der Waals surface area (Å²) in [6.45, 7) is 0.249. The molecular formula is C15H20N2O2S. The molecule has 0 unspecified atom stereocenters. The molecule has 4 nitrogen and oxygen atoms in total. The van der Waals surface area contributed by atoms with Crippen molar-refractivity contribution in [2.24, 2.45) is 0 Å². The summed E-state index contributed by atoms with van der Waals surface area (Å²) in [7, 11) is 0. The van der Waals surface area contributed by atoms with Crippen LogP contribution in [-0.4, -0.2) is 17.2 Å². The van der Waals surface area contributed by atoms with E-state index in [1.54, 1.807) is 0 Å². The minimum Gasteiger partial charge on any atom is -0.444 e. The zero-order valence-electron chi connectivity index (χ0n) is 11.4. The van der Waals surface area contributed by atoms with Crippen molar-refractivity contribution < 1.29 is 9.53 Å². The van der Waals surface area contributed by atoms with Gasteiger partial charge in [-0.3, -0.25) is 5.32 Å². The van der Waals surface area contributed by atoms with Crippen LogP contribution >= 0.6 is 12.2 Å². The Kier molecular flexibility index (Phi) is 5.80. The molecule has 108 valence electrons. The molecule has 0 aromatic heterocycles. The molecule has 0 radical (unpaired) electrons. The number of rotatable bonds is 3. The van der Waals surface area contributed by atoms with Crippen LogP contribution in [0, 0.1) is 0 Å². The Morgan fingerprint density at radius 3 is 2.60 bits per heavy atom. The Labute approximate surface area is 124 Å². The Bertz CT molecular complexity index is 444. The molecule has 0 bridgehead atoms. The second-order valence-corrected chi connectivity index (χ2v) is 5.40. The predicted molar refractivity (Wildman–Crippen MR) is 82.4 cm³/mol. The van der Waals surface area contributed by atoms with E-state index in [9.17, 15) is 4.79 Å². The van der Waals surface area contributed by atoms with E-state index in [2.05, 4.69) is 10.6 Å². The van der Waals surface area contributed by atoms with Crippen molar-refractivity contribution in [2.75, 3.05) is 0 Å². The minimum absolute atomic E-state index is 0.249. The van der Waals surface area contributed by atoms with Gasteiger partial charge in [-0.05, 0) is 30.6 Å². The molecular weight excluding hydrogens is 272 g/mol. The highest BCUT2D eigenvalue weighted by atomic mass is 32.1. The number of hydrogen-bond donors (Lipinski definition) is 2. The lowest BCUT2D eigenvalue weighted by molar-refractivity contribution is 0.145. The second-order valence-electron chi connectivity index (χ2n) is 5.00. The van der Waals surface area contributed by atoms with Crippen LogP contribution in [0.3, 0.4) is 0 Å². The Hall–Kier alpha value is -1.62. The highest BCUT2D eigenvalue weighted by Gasteiger charge is 2.15. The summed E-state index contributed by atoms with van der Waals surface area (Å²) in [6, 6.07) is 9.94. The summed E-state index contributed by atoms with van der Waals surface area (Å²) in [5, 5.41) is 6.08. The van der Waals surface area contributed by atoms with Gasteiger partial charge >= 0.3 is 6.09 Å². The lowest BCUT2D eigenvalue weighted by atomic mass is 9.96. The number of carbonyl (C=O) groups is 1. The van der Waals surface area contributed by atoms with Gasteiger partial charge in [0.05, 0.1) is 0 Å². The first-order valence-electron chi connectivity index (χ1n) is 7.02. The van der Waals surface area contributed by atoms with E-state index in [0.29, 0.717) is 11.2 Å². The van der Waals surface area contributed by atoms with Crippen LogP contribution < -0.4 is 10.6 Å². The SMILES string of the molecule is O=C(NC(=S)NC1CCCCC1)OCc1ccccc1. The Balaban J connectivity index is 1.67. The van der Waals surface area contributed by atoms with Crippen molar-refractivity contribution in [3.63, 3.8) is 0 Å². The molecule has 1 aromatic carbocycles. The number of hydrogen-bond acceptors (Lipinski definition) is 3. The molecule has 20 heavy (non-hydrogen) atoms. The maximum absolute atomic E-state index is 11.6. The molecule has 1 aliphatic rings. The van der Waals surface area contributed by atoms with Crippen LogP contribution in [0.15, 0.2) is 30.3 Å². The number of benzene rings is 1. The van der Waals surface area contributed by atoms with Crippen LogP contribution in [0.4, 0.5) is 4.79 Å². The molecule has 1 aromatic rings. The topological polar surface area (TPSA) is 50.4 Å². The van der Waals surface area contributed by atoms with Crippen molar-refractivity contribution >= 4 is 23.4 Å². The number of thiocarbonyl (C=S) groups is 1. The average Bonchev–Trinajstić information content (AvgIpc) is 2.47. The maximum atomic E-state index is 11.6. The minimum atomic E-state index is -0.512. The summed E-state index contributed by atoms with van der Waals surface area (Å²) in [5.41, 5.74) is 0.953. The standard InChI is InChI=1S/C15H20N2O2S/c18-15(19-11-12-7-3-1-4-8-12)17-14(20)16-13-9-5-2-6-10-13/h1,3-4,7-8,13H,2,5-6,9-11H2,(H2,16,17,18,20). The van der Waals surface area contributed by atoms with Crippen LogP contribution in [0.2, 0.25) is 0 Å². The van der Waals surface area contributed by atoms with E-state index in [1.165, 1.54) is 19.3 Å². The van der Waals surface area contributed by atoms with Gasteiger partial charge in [-0.1, -0.05) is 49.6 Å². The Morgan fingerprint density at radius 1 is 1.20 bits per heavy atom. The summed E-state index contributed by atoms with van der Waals surface area (Å²) < 4.78 is 5.11. The second kappa shape index (κ2) is 7.85. The quantitative estimate of drug-likeness (QED) is 0.840. The highest BCUT2D eigenvalue weighted by Crippen LogP contribution is 2.17. The molecule has 1 amide bonds. The monoisotopic (exact) mass is 292 g/mol. The van der Waals surface area contributed by atoms with Gasteiger partial charge in [0.1, 0.15) is 6.61 Å². The van der Waals surface area contributed by atoms with E-state index in [-0.39, 0.29) is 6.61 Å². The van der Waals surface area contributed by atoms with Crippen LogP contribution in [0.1, 0.15) is 37.7 Å². The smallest absolute Gasteiger partial charge is 0.413 e. The maximum Gasteiger partial charge on any atom is 0.413 e. The van der Waals surface area contributed by atoms with Gasteiger partial charge in [0.25, 0.3) is 0 Å². The molecule has 2 rings (SSSR count). The summed E-state index contributed by atoms with van der Waals surface area (Å²) in [6.07, 6.45) is 5.44. The van der Waals surface area contributed by atoms with Crippen LogP contribution in [0.5, 0.6) is 0 Å². The van der Waals surface area contributed by atoms with Gasteiger partial charge in [0, 0.05) is 6.04 Å². The van der Waals surface area contributed by atoms with E-state index in [0.717, 1.165) is 18.4 Å². The first kappa shape index (κ1) is 14.8. The van der Waals surface area contributed by atoms with E-state index < -0.39 is 6.09 Å². The molecule has 1 aliphatic carbocycles. The third-order valence-corrected chi connectivity index (χ3v) is 3.59. The lowest BCUT2D eigenvalue weighted by Gasteiger charge is -2.23. The molecule has 2 N–H and O–H groups in total. The number of amides is 1. The van der Waals surface area contributed by atoms with Crippen molar-refractivity contribution in [3.8, 4) is 0 Å². The molecule has 1 fully saturated rings. The number of alkyl carbamates (subject to hydrolysis) is 1. The van der Waals surface area contributed by atoms with Crippen molar-refractivity contribution in [2.45, 2.75) is 44.8 Å². The van der Waals surface area contributed by atoms with Gasteiger partial charge in [-0.2, -0.15) is 0 Å². The molecule has 0 atom stereocenters. The van der Waals surface area contributed by atoms with Crippen LogP contribution in [-0.2, 0) is 11.3 Å². The Morgan fingerprint density at radius 2 is 1.90 bits per heavy atom. The zero-order chi connectivity index (χ0) is 14.2. The van der Waals surface area contributed by atoms with Crippen molar-refractivity contribution in [1.82, 2.24) is 10.6 Å². The molecule has 0 aliphatic heterocycles. The summed E-state index contributed by atoms with van der Waals surface area (Å²) >= 11 is 5.12. The highest BCUT2D eigenvalue weighted by molar-refractivity contribution is 7.80. The fourth-order valence-electron chi connectivity index (χ4n) is 2.32. The average molecular weight is 292 g/mol. The third-order valence-electron chi connectivity index (χ3n) is 3.37. The van der Waals surface area contributed by atoms with E-state index >= 15 is 0 Å². The summed E-state index contributed by atoms with van der Waals surface area (Å²) in [5.74, 6) is 0. The van der Waals surface area contributed by atoms with Crippen LogP contribution in [0.25, 0.3) is 0 Å². The van der Waals surface area contributed by atoms with Gasteiger partial charge < -0.3 is 10.1 Å². The lowest BCUT2D eigenvalue weighted by Crippen LogP contribution is -2.45. The molecule has 1 saturated carbocycles. The number of carbonyl (C=O) groups excluding carboxylic acids is 1. The van der Waals surface area contributed by atoms with Crippen molar-refractivity contribution in [1.29, 1.82) is 0 Å². The van der Waals surface area contributed by atoms with Gasteiger partial charge in [-0.25, -0.2) is 4.79 Å². The summed E-state index contributed by atoms with van der Waals surface area (Å²) in [4.78, 5) is 11.6. The van der Waals surface area contributed by atoms with Gasteiger partial charge in [0.15, 0.2) is 5.11 Å². The fraction of sp³-hybridized carbons (Fsp3) is 0.467. The molecule has 0 saturated heterocycles. The third kappa shape index (κ3) is 5.17.